The molecule has 0 aliphatic rings. The molecule has 0 saturated carbocycles. The number of fused-ring (bicyclic) bond motifs is 1. The van der Waals surface area contributed by atoms with Gasteiger partial charge in [-0.25, -0.2) is 4.79 Å². The van der Waals surface area contributed by atoms with Gasteiger partial charge in [-0.15, -0.1) is 0 Å². The third kappa shape index (κ3) is 4.78. The number of hydrogen-bond donors (Lipinski definition) is 0. The molecule has 1 amide bonds. The SMILES string of the molecule is C/C=C/C(=O)O[C@@H](C)c1ccc2cccc(OC)c2c1C(=O)N(C(C)C)C(C)C. The number of benzene rings is 2. The van der Waals surface area contributed by atoms with Crippen molar-refractivity contribution in [2.45, 2.75) is 59.7 Å². The molecular weight excluding hydrogens is 366 g/mol. The van der Waals surface area contributed by atoms with Crippen molar-refractivity contribution in [1.29, 1.82) is 0 Å². The van der Waals surface area contributed by atoms with E-state index in [0.29, 0.717) is 16.9 Å². The van der Waals surface area contributed by atoms with E-state index in [1.165, 1.54) is 6.08 Å². The van der Waals surface area contributed by atoms with Crippen LogP contribution in [-0.4, -0.2) is 36.0 Å². The smallest absolute Gasteiger partial charge is 0.331 e. The minimum absolute atomic E-state index is 0.0150. The van der Waals surface area contributed by atoms with Crippen LogP contribution in [0.15, 0.2) is 42.5 Å². The topological polar surface area (TPSA) is 55.8 Å². The number of methoxy groups -OCH3 is 1. The summed E-state index contributed by atoms with van der Waals surface area (Å²) in [7, 11) is 1.59. The fourth-order valence-electron chi connectivity index (χ4n) is 3.71. The number of hydrogen-bond acceptors (Lipinski definition) is 4. The maximum Gasteiger partial charge on any atom is 0.331 e. The lowest BCUT2D eigenvalue weighted by Gasteiger charge is -2.32. The van der Waals surface area contributed by atoms with Crippen molar-refractivity contribution < 1.29 is 19.1 Å². The Morgan fingerprint density at radius 2 is 1.66 bits per heavy atom. The number of esters is 1. The van der Waals surface area contributed by atoms with Crippen molar-refractivity contribution in [2.24, 2.45) is 0 Å². The predicted octanol–water partition coefficient (Wildman–Crippen LogP) is 5.29. The van der Waals surface area contributed by atoms with E-state index in [0.717, 1.165) is 10.8 Å². The molecule has 0 bridgehead atoms. The normalized spacial score (nSPS) is 12.6. The molecule has 0 unspecified atom stereocenters. The van der Waals surface area contributed by atoms with Crippen LogP contribution >= 0.6 is 0 Å². The van der Waals surface area contributed by atoms with Gasteiger partial charge in [0.25, 0.3) is 5.91 Å². The zero-order valence-corrected chi connectivity index (χ0v) is 18.4. The lowest BCUT2D eigenvalue weighted by molar-refractivity contribution is -0.142. The fraction of sp³-hybridized carbons (Fsp3) is 0.417. The molecule has 0 aliphatic carbocycles. The van der Waals surface area contributed by atoms with Gasteiger partial charge >= 0.3 is 5.97 Å². The summed E-state index contributed by atoms with van der Waals surface area (Å²) in [5.74, 6) is 0.0734. The third-order valence-corrected chi connectivity index (χ3v) is 4.85. The first-order valence-corrected chi connectivity index (χ1v) is 9.98. The molecule has 0 spiro atoms. The van der Waals surface area contributed by atoms with Crippen molar-refractivity contribution in [2.75, 3.05) is 7.11 Å². The number of rotatable bonds is 7. The number of carbonyl (C=O) groups is 2. The third-order valence-electron chi connectivity index (χ3n) is 4.85. The van der Waals surface area contributed by atoms with Crippen LogP contribution in [0.4, 0.5) is 0 Å². The van der Waals surface area contributed by atoms with Crippen LogP contribution in [0, 0.1) is 0 Å². The molecule has 0 saturated heterocycles. The van der Waals surface area contributed by atoms with Crippen LogP contribution in [-0.2, 0) is 9.53 Å². The Labute approximate surface area is 173 Å². The second kappa shape index (κ2) is 9.59. The van der Waals surface area contributed by atoms with Crippen LogP contribution in [0.1, 0.15) is 63.6 Å². The van der Waals surface area contributed by atoms with Crippen LogP contribution in [0.2, 0.25) is 0 Å². The molecule has 0 aliphatic heterocycles. The van der Waals surface area contributed by atoms with Gasteiger partial charge in [0, 0.05) is 29.1 Å². The lowest BCUT2D eigenvalue weighted by Crippen LogP contribution is -2.42. The van der Waals surface area contributed by atoms with Gasteiger partial charge in [-0.05, 0) is 53.0 Å². The molecule has 29 heavy (non-hydrogen) atoms. The van der Waals surface area contributed by atoms with E-state index in [1.54, 1.807) is 27.0 Å². The highest BCUT2D eigenvalue weighted by molar-refractivity contribution is 6.11. The summed E-state index contributed by atoms with van der Waals surface area (Å²) >= 11 is 0. The second-order valence-electron chi connectivity index (χ2n) is 7.57. The maximum absolute atomic E-state index is 13.8. The van der Waals surface area contributed by atoms with E-state index in [9.17, 15) is 9.59 Å². The number of nitrogens with zero attached hydrogens (tertiary/aromatic N) is 1. The Bertz CT molecular complexity index is 906. The van der Waals surface area contributed by atoms with Crippen molar-refractivity contribution in [3.8, 4) is 5.75 Å². The zero-order valence-electron chi connectivity index (χ0n) is 18.4. The van der Waals surface area contributed by atoms with Gasteiger partial charge in [-0.2, -0.15) is 0 Å². The minimum Gasteiger partial charge on any atom is -0.496 e. The van der Waals surface area contributed by atoms with Gasteiger partial charge in [0.05, 0.1) is 12.7 Å². The van der Waals surface area contributed by atoms with E-state index in [4.69, 9.17) is 9.47 Å². The van der Waals surface area contributed by atoms with E-state index < -0.39 is 12.1 Å². The van der Waals surface area contributed by atoms with E-state index >= 15 is 0 Å². The first kappa shape index (κ1) is 22.5. The van der Waals surface area contributed by atoms with E-state index in [2.05, 4.69) is 0 Å². The number of carbonyl (C=O) groups excluding carboxylic acids is 2. The fourth-order valence-corrected chi connectivity index (χ4v) is 3.71. The van der Waals surface area contributed by atoms with Gasteiger partial charge in [0.15, 0.2) is 0 Å². The Balaban J connectivity index is 2.76. The lowest BCUT2D eigenvalue weighted by atomic mass is 9.93. The quantitative estimate of drug-likeness (QED) is 0.471. The summed E-state index contributed by atoms with van der Waals surface area (Å²) in [6, 6.07) is 9.51. The average Bonchev–Trinajstić information content (AvgIpc) is 2.65. The molecule has 0 N–H and O–H groups in total. The first-order chi connectivity index (χ1) is 13.7. The highest BCUT2D eigenvalue weighted by Gasteiger charge is 2.29. The van der Waals surface area contributed by atoms with Gasteiger partial charge in [0.1, 0.15) is 11.9 Å². The second-order valence-corrected chi connectivity index (χ2v) is 7.57. The Hall–Kier alpha value is -2.82. The molecule has 5 nitrogen and oxygen atoms in total. The van der Waals surface area contributed by atoms with Crippen molar-refractivity contribution in [1.82, 2.24) is 4.90 Å². The molecule has 0 heterocycles. The van der Waals surface area contributed by atoms with Gasteiger partial charge in [-0.1, -0.05) is 30.3 Å². The number of amides is 1. The monoisotopic (exact) mass is 397 g/mol. The molecule has 156 valence electrons. The summed E-state index contributed by atoms with van der Waals surface area (Å²) in [5.41, 5.74) is 1.18. The summed E-state index contributed by atoms with van der Waals surface area (Å²) in [6.07, 6.45) is 2.41. The largest absolute Gasteiger partial charge is 0.496 e. The molecular formula is C24H31NO4. The van der Waals surface area contributed by atoms with Gasteiger partial charge in [-0.3, -0.25) is 4.79 Å². The summed E-state index contributed by atoms with van der Waals surface area (Å²) in [5, 5.41) is 1.63. The van der Waals surface area contributed by atoms with Gasteiger partial charge in [0.2, 0.25) is 0 Å². The summed E-state index contributed by atoms with van der Waals surface area (Å²) in [4.78, 5) is 27.6. The highest BCUT2D eigenvalue weighted by Crippen LogP contribution is 2.36. The molecule has 2 aromatic carbocycles. The molecule has 0 fully saturated rings. The van der Waals surface area contributed by atoms with E-state index in [-0.39, 0.29) is 18.0 Å². The Kier molecular flexibility index (Phi) is 7.43. The molecule has 1 atom stereocenters. The Morgan fingerprint density at radius 3 is 2.21 bits per heavy atom. The molecule has 0 radical (unpaired) electrons. The van der Waals surface area contributed by atoms with Crippen LogP contribution < -0.4 is 4.74 Å². The van der Waals surface area contributed by atoms with Crippen molar-refractivity contribution >= 4 is 22.6 Å². The molecule has 0 aromatic heterocycles. The minimum atomic E-state index is -0.590. The number of allylic oxidation sites excluding steroid dienone is 1. The first-order valence-electron chi connectivity index (χ1n) is 9.98. The molecule has 5 heteroatoms. The standard InChI is InChI=1S/C24H31NO4/c1-8-10-21(26)29-17(6)19-14-13-18-11-9-12-20(28-7)22(18)23(19)24(27)25(15(2)3)16(4)5/h8-17H,1-7H3/b10-8+/t17-/m0/s1. The molecule has 2 aromatic rings. The van der Waals surface area contributed by atoms with E-state index in [1.807, 2.05) is 62.9 Å². The number of ether oxygens (including phenoxy) is 2. The van der Waals surface area contributed by atoms with Crippen LogP contribution in [0.5, 0.6) is 5.75 Å². The Morgan fingerprint density at radius 1 is 1.00 bits per heavy atom. The zero-order chi connectivity index (χ0) is 21.7. The van der Waals surface area contributed by atoms with Gasteiger partial charge < -0.3 is 14.4 Å². The highest BCUT2D eigenvalue weighted by atomic mass is 16.5. The maximum atomic E-state index is 13.8. The average molecular weight is 398 g/mol. The molecule has 2 rings (SSSR count). The summed E-state index contributed by atoms with van der Waals surface area (Å²) < 4.78 is 11.1. The van der Waals surface area contributed by atoms with Crippen molar-refractivity contribution in [3.63, 3.8) is 0 Å². The van der Waals surface area contributed by atoms with Crippen LogP contribution in [0.25, 0.3) is 10.8 Å². The summed E-state index contributed by atoms with van der Waals surface area (Å²) in [6.45, 7) is 11.5. The van der Waals surface area contributed by atoms with Crippen LogP contribution in [0.3, 0.4) is 0 Å². The predicted molar refractivity (Wildman–Crippen MR) is 116 cm³/mol. The van der Waals surface area contributed by atoms with Crippen molar-refractivity contribution in [3.05, 3.63) is 53.6 Å².